The maximum Gasteiger partial charge on any atom is 0.124 e. The van der Waals surface area contributed by atoms with E-state index in [1.54, 1.807) is 0 Å². The summed E-state index contributed by atoms with van der Waals surface area (Å²) in [6, 6.07) is 8.39. The lowest BCUT2D eigenvalue weighted by atomic mass is 10.1. The second-order valence-corrected chi connectivity index (χ2v) is 4.21. The Labute approximate surface area is 93.5 Å². The van der Waals surface area contributed by atoms with Crippen molar-refractivity contribution in [1.29, 1.82) is 0 Å². The lowest BCUT2D eigenvalue weighted by Gasteiger charge is -1.98. The molecule has 0 radical (unpaired) electrons. The topological polar surface area (TPSA) is 43.8 Å². The van der Waals surface area contributed by atoms with Crippen LogP contribution in [0.5, 0.6) is 0 Å². The molecule has 0 aliphatic carbocycles. The summed E-state index contributed by atoms with van der Waals surface area (Å²) in [6.45, 7) is 2.10. The first-order valence-corrected chi connectivity index (χ1v) is 5.27. The molecule has 16 heavy (non-hydrogen) atoms. The quantitative estimate of drug-likeness (QED) is 0.621. The van der Waals surface area contributed by atoms with Gasteiger partial charge >= 0.3 is 0 Å². The molecular weight excluding hydrogens is 198 g/mol. The second-order valence-electron chi connectivity index (χ2n) is 4.21. The molecule has 0 saturated carbocycles. The highest BCUT2D eigenvalue weighted by Crippen LogP contribution is 2.28. The molecule has 0 amide bonds. The molecule has 2 heterocycles. The summed E-state index contributed by atoms with van der Waals surface area (Å²) in [4.78, 5) is 4.14. The number of benzene rings is 1. The van der Waals surface area contributed by atoms with Crippen LogP contribution in [-0.4, -0.2) is 9.55 Å². The number of aryl methyl sites for hydroxylation is 2. The van der Waals surface area contributed by atoms with Gasteiger partial charge in [0, 0.05) is 23.3 Å². The molecule has 2 N–H and O–H groups in total. The molecule has 0 aliphatic heterocycles. The van der Waals surface area contributed by atoms with E-state index in [1.165, 1.54) is 21.9 Å². The van der Waals surface area contributed by atoms with Crippen LogP contribution in [0.1, 0.15) is 5.56 Å². The zero-order valence-corrected chi connectivity index (χ0v) is 9.36. The molecule has 0 atom stereocenters. The van der Waals surface area contributed by atoms with Gasteiger partial charge in [-0.05, 0) is 24.6 Å². The predicted molar refractivity (Wildman–Crippen MR) is 67.4 cm³/mol. The molecule has 80 valence electrons. The minimum absolute atomic E-state index is 0.570. The van der Waals surface area contributed by atoms with E-state index in [0.717, 1.165) is 5.52 Å². The number of nitrogen functional groups attached to an aromatic ring is 1. The van der Waals surface area contributed by atoms with Gasteiger partial charge in [-0.2, -0.15) is 0 Å². The second kappa shape index (κ2) is 2.98. The van der Waals surface area contributed by atoms with Gasteiger partial charge in [-0.15, -0.1) is 0 Å². The van der Waals surface area contributed by atoms with E-state index in [1.807, 2.05) is 12.3 Å². The molecule has 3 nitrogen and oxygen atoms in total. The molecule has 0 saturated heterocycles. The molecule has 0 spiro atoms. The number of hydrogen-bond donors (Lipinski definition) is 1. The van der Waals surface area contributed by atoms with E-state index in [2.05, 4.69) is 41.7 Å². The monoisotopic (exact) mass is 211 g/mol. The average molecular weight is 211 g/mol. The van der Waals surface area contributed by atoms with Gasteiger partial charge in [0.05, 0.1) is 11.7 Å². The van der Waals surface area contributed by atoms with Crippen molar-refractivity contribution in [2.45, 2.75) is 6.92 Å². The van der Waals surface area contributed by atoms with Gasteiger partial charge in [-0.1, -0.05) is 12.1 Å². The first-order valence-electron chi connectivity index (χ1n) is 5.27. The van der Waals surface area contributed by atoms with Crippen molar-refractivity contribution in [3.8, 4) is 0 Å². The number of rotatable bonds is 0. The van der Waals surface area contributed by atoms with E-state index in [4.69, 9.17) is 5.73 Å². The highest BCUT2D eigenvalue weighted by molar-refractivity contribution is 6.08. The fourth-order valence-corrected chi connectivity index (χ4v) is 2.22. The number of aromatic nitrogens is 2. The molecule has 2 aromatic heterocycles. The number of fused-ring (bicyclic) bond motifs is 3. The van der Waals surface area contributed by atoms with Crippen LogP contribution < -0.4 is 5.73 Å². The summed E-state index contributed by atoms with van der Waals surface area (Å²) in [7, 11) is 2.06. The third-order valence-corrected chi connectivity index (χ3v) is 3.07. The summed E-state index contributed by atoms with van der Waals surface area (Å²) in [6.07, 6.45) is 1.83. The SMILES string of the molecule is Cc1ccc2c3cc(N)ncc3n(C)c2c1. The molecular formula is C13H13N3. The summed E-state index contributed by atoms with van der Waals surface area (Å²) in [5.74, 6) is 0.570. The van der Waals surface area contributed by atoms with Gasteiger partial charge in [0.1, 0.15) is 5.82 Å². The standard InChI is InChI=1S/C13H13N3/c1-8-3-4-9-10-6-13(14)15-7-12(10)16(2)11(9)5-8/h3-7H,1-2H3,(H2,14,15). The van der Waals surface area contributed by atoms with Crippen molar-refractivity contribution >= 4 is 27.6 Å². The van der Waals surface area contributed by atoms with Crippen molar-refractivity contribution in [2.75, 3.05) is 5.73 Å². The van der Waals surface area contributed by atoms with Crippen LogP contribution in [0.2, 0.25) is 0 Å². The number of nitrogens with zero attached hydrogens (tertiary/aromatic N) is 2. The normalized spacial score (nSPS) is 11.4. The summed E-state index contributed by atoms with van der Waals surface area (Å²) in [5, 5.41) is 2.40. The van der Waals surface area contributed by atoms with Crippen molar-refractivity contribution in [2.24, 2.45) is 7.05 Å². The summed E-state index contributed by atoms with van der Waals surface area (Å²) < 4.78 is 2.16. The maximum atomic E-state index is 5.73. The highest BCUT2D eigenvalue weighted by Gasteiger charge is 2.08. The lowest BCUT2D eigenvalue weighted by molar-refractivity contribution is 1.01. The fraction of sp³-hybridized carbons (Fsp3) is 0.154. The fourth-order valence-electron chi connectivity index (χ4n) is 2.22. The Morgan fingerprint density at radius 2 is 1.94 bits per heavy atom. The zero-order valence-electron chi connectivity index (χ0n) is 9.36. The third kappa shape index (κ3) is 1.11. The molecule has 0 bridgehead atoms. The van der Waals surface area contributed by atoms with Crippen LogP contribution in [0, 0.1) is 6.92 Å². The average Bonchev–Trinajstić information content (AvgIpc) is 2.52. The Kier molecular flexibility index (Phi) is 1.72. The number of pyridine rings is 1. The number of hydrogen-bond acceptors (Lipinski definition) is 2. The van der Waals surface area contributed by atoms with Crippen LogP contribution in [0.3, 0.4) is 0 Å². The Balaban J connectivity index is 2.59. The van der Waals surface area contributed by atoms with Gasteiger partial charge in [0.2, 0.25) is 0 Å². The summed E-state index contributed by atoms with van der Waals surface area (Å²) in [5.41, 5.74) is 9.34. The molecule has 0 unspecified atom stereocenters. The third-order valence-electron chi connectivity index (χ3n) is 3.07. The van der Waals surface area contributed by atoms with Crippen LogP contribution in [0.4, 0.5) is 5.82 Å². The number of anilines is 1. The Morgan fingerprint density at radius 3 is 2.75 bits per heavy atom. The molecule has 1 aromatic carbocycles. The van der Waals surface area contributed by atoms with Gasteiger partial charge < -0.3 is 10.3 Å². The molecule has 3 heteroatoms. The Morgan fingerprint density at radius 1 is 1.12 bits per heavy atom. The van der Waals surface area contributed by atoms with E-state index in [9.17, 15) is 0 Å². The first-order chi connectivity index (χ1) is 7.66. The Bertz CT molecular complexity index is 695. The predicted octanol–water partition coefficient (Wildman–Crippen LogP) is 2.62. The highest BCUT2D eigenvalue weighted by atomic mass is 15.0. The van der Waals surface area contributed by atoms with Crippen LogP contribution in [-0.2, 0) is 7.05 Å². The van der Waals surface area contributed by atoms with Crippen LogP contribution in [0.15, 0.2) is 30.5 Å². The largest absolute Gasteiger partial charge is 0.384 e. The van der Waals surface area contributed by atoms with Crippen molar-refractivity contribution in [1.82, 2.24) is 9.55 Å². The van der Waals surface area contributed by atoms with Gasteiger partial charge in [0.25, 0.3) is 0 Å². The van der Waals surface area contributed by atoms with E-state index < -0.39 is 0 Å². The van der Waals surface area contributed by atoms with Crippen molar-refractivity contribution < 1.29 is 0 Å². The maximum absolute atomic E-state index is 5.73. The van der Waals surface area contributed by atoms with Crippen LogP contribution >= 0.6 is 0 Å². The molecule has 3 rings (SSSR count). The first kappa shape index (κ1) is 9.21. The van der Waals surface area contributed by atoms with Crippen LogP contribution in [0.25, 0.3) is 21.8 Å². The van der Waals surface area contributed by atoms with Gasteiger partial charge in [-0.25, -0.2) is 4.98 Å². The van der Waals surface area contributed by atoms with Gasteiger partial charge in [-0.3, -0.25) is 0 Å². The minimum Gasteiger partial charge on any atom is -0.384 e. The number of nitrogens with two attached hydrogens (primary N) is 1. The van der Waals surface area contributed by atoms with E-state index >= 15 is 0 Å². The molecule has 0 aliphatic rings. The van der Waals surface area contributed by atoms with Crippen molar-refractivity contribution in [3.05, 3.63) is 36.0 Å². The molecule has 0 fully saturated rings. The minimum atomic E-state index is 0.570. The lowest BCUT2D eigenvalue weighted by Crippen LogP contribution is -1.90. The Hall–Kier alpha value is -2.03. The summed E-state index contributed by atoms with van der Waals surface area (Å²) >= 11 is 0. The molecule has 3 aromatic rings. The van der Waals surface area contributed by atoms with E-state index in [-0.39, 0.29) is 0 Å². The van der Waals surface area contributed by atoms with E-state index in [0.29, 0.717) is 5.82 Å². The van der Waals surface area contributed by atoms with Gasteiger partial charge in [0.15, 0.2) is 0 Å². The van der Waals surface area contributed by atoms with Crippen molar-refractivity contribution in [3.63, 3.8) is 0 Å². The smallest absolute Gasteiger partial charge is 0.124 e. The zero-order chi connectivity index (χ0) is 11.3.